The van der Waals surface area contributed by atoms with Crippen LogP contribution in [0.25, 0.3) is 0 Å². The number of amides is 1. The Morgan fingerprint density at radius 1 is 1.29 bits per heavy atom. The molecule has 0 spiro atoms. The molecule has 0 bridgehead atoms. The fourth-order valence-corrected chi connectivity index (χ4v) is 3.90. The molecule has 24 heavy (non-hydrogen) atoms. The maximum Gasteiger partial charge on any atom is 0.232 e. The molecule has 1 saturated heterocycles. The number of aliphatic hydroxyl groups is 1. The number of carbonyl (C=O) groups is 1. The van der Waals surface area contributed by atoms with Gasteiger partial charge in [-0.15, -0.1) is 11.3 Å². The van der Waals surface area contributed by atoms with Crippen LogP contribution in [0.2, 0.25) is 0 Å². The molecule has 1 aliphatic heterocycles. The lowest BCUT2D eigenvalue weighted by atomic mass is 9.97. The molecule has 0 radical (unpaired) electrons. The molecule has 2 aromatic rings. The van der Waals surface area contributed by atoms with Crippen molar-refractivity contribution in [1.29, 1.82) is 0 Å². The Morgan fingerprint density at radius 3 is 2.71 bits per heavy atom. The first kappa shape index (κ1) is 17.0. The summed E-state index contributed by atoms with van der Waals surface area (Å²) in [6.45, 7) is 4.04. The molecule has 1 fully saturated rings. The third-order valence-corrected chi connectivity index (χ3v) is 5.79. The second-order valence-corrected chi connectivity index (χ2v) is 7.34. The van der Waals surface area contributed by atoms with Crippen molar-refractivity contribution in [1.82, 2.24) is 0 Å². The smallest absolute Gasteiger partial charge is 0.232 e. The van der Waals surface area contributed by atoms with Gasteiger partial charge in [0.25, 0.3) is 0 Å². The summed E-state index contributed by atoms with van der Waals surface area (Å²) < 4.78 is 0. The Labute approximate surface area is 147 Å². The summed E-state index contributed by atoms with van der Waals surface area (Å²) in [7, 11) is 0. The molecule has 0 aliphatic carbocycles. The number of nitrogens with zero attached hydrogens (tertiary/aromatic N) is 1. The average molecular weight is 344 g/mol. The lowest BCUT2D eigenvalue weighted by molar-refractivity contribution is -0.117. The highest BCUT2D eigenvalue weighted by molar-refractivity contribution is 7.10. The molecule has 1 unspecified atom stereocenters. The molecular formula is C19H24N2O2S. The first-order chi connectivity index (χ1) is 11.7. The molecule has 0 saturated carbocycles. The Morgan fingerprint density at radius 2 is 2.04 bits per heavy atom. The summed E-state index contributed by atoms with van der Waals surface area (Å²) in [4.78, 5) is 16.0. The third-order valence-electron chi connectivity index (χ3n) is 4.74. The molecule has 3 rings (SSSR count). The summed E-state index contributed by atoms with van der Waals surface area (Å²) >= 11 is 1.61. The summed E-state index contributed by atoms with van der Waals surface area (Å²) in [5, 5.41) is 14.4. The lowest BCUT2D eigenvalue weighted by Crippen LogP contribution is -2.35. The van der Waals surface area contributed by atoms with E-state index in [-0.39, 0.29) is 18.4 Å². The van der Waals surface area contributed by atoms with Gasteiger partial charge in [-0.3, -0.25) is 4.79 Å². The van der Waals surface area contributed by atoms with E-state index in [1.807, 2.05) is 42.6 Å². The number of para-hydroxylation sites is 2. The Hall–Kier alpha value is -1.85. The van der Waals surface area contributed by atoms with E-state index in [1.165, 1.54) is 0 Å². The van der Waals surface area contributed by atoms with Crippen LogP contribution in [0.15, 0.2) is 41.8 Å². The van der Waals surface area contributed by atoms with Gasteiger partial charge in [0.05, 0.1) is 17.3 Å². The molecule has 1 aromatic heterocycles. The third kappa shape index (κ3) is 3.79. The highest BCUT2D eigenvalue weighted by Gasteiger charge is 2.22. The zero-order valence-electron chi connectivity index (χ0n) is 13.9. The van der Waals surface area contributed by atoms with Gasteiger partial charge in [-0.2, -0.15) is 0 Å². The topological polar surface area (TPSA) is 52.6 Å². The SMILES string of the molecule is CC(C(=O)Nc1ccccc1N1CCC(CO)CC1)c1cccs1. The minimum absolute atomic E-state index is 0.0233. The zero-order valence-corrected chi connectivity index (χ0v) is 14.8. The number of aliphatic hydroxyl groups excluding tert-OH is 1. The van der Waals surface area contributed by atoms with E-state index >= 15 is 0 Å². The Balaban J connectivity index is 1.71. The maximum atomic E-state index is 12.6. The van der Waals surface area contributed by atoms with Crippen molar-refractivity contribution in [3.63, 3.8) is 0 Å². The van der Waals surface area contributed by atoms with Crippen LogP contribution in [0.1, 0.15) is 30.6 Å². The second kappa shape index (κ2) is 7.81. The maximum absolute atomic E-state index is 12.6. The van der Waals surface area contributed by atoms with E-state index in [1.54, 1.807) is 11.3 Å². The largest absolute Gasteiger partial charge is 0.396 e. The van der Waals surface area contributed by atoms with Crippen molar-refractivity contribution in [3.8, 4) is 0 Å². The summed E-state index contributed by atoms with van der Waals surface area (Å²) in [5.74, 6) is 0.273. The molecule has 2 heterocycles. The molecular weight excluding hydrogens is 320 g/mol. The van der Waals surface area contributed by atoms with Gasteiger partial charge in [-0.05, 0) is 49.3 Å². The normalized spacial score (nSPS) is 16.8. The fourth-order valence-electron chi connectivity index (χ4n) is 3.12. The van der Waals surface area contributed by atoms with Crippen molar-refractivity contribution >= 4 is 28.6 Å². The van der Waals surface area contributed by atoms with Crippen molar-refractivity contribution < 1.29 is 9.90 Å². The highest BCUT2D eigenvalue weighted by atomic mass is 32.1. The lowest BCUT2D eigenvalue weighted by Gasteiger charge is -2.34. The van der Waals surface area contributed by atoms with Crippen LogP contribution in [0.4, 0.5) is 11.4 Å². The zero-order chi connectivity index (χ0) is 16.9. The number of hydrogen-bond donors (Lipinski definition) is 2. The van der Waals surface area contributed by atoms with Gasteiger partial charge in [0.15, 0.2) is 0 Å². The molecule has 2 N–H and O–H groups in total. The van der Waals surface area contributed by atoms with Crippen LogP contribution >= 0.6 is 11.3 Å². The van der Waals surface area contributed by atoms with Crippen LogP contribution < -0.4 is 10.2 Å². The van der Waals surface area contributed by atoms with Crippen molar-refractivity contribution in [2.24, 2.45) is 5.92 Å². The molecule has 128 valence electrons. The van der Waals surface area contributed by atoms with Gasteiger partial charge in [0.1, 0.15) is 0 Å². The number of nitrogens with one attached hydrogen (secondary N) is 1. The summed E-state index contributed by atoms with van der Waals surface area (Å²) in [6, 6.07) is 12.0. The minimum Gasteiger partial charge on any atom is -0.396 e. The first-order valence-corrected chi connectivity index (χ1v) is 9.36. The van der Waals surface area contributed by atoms with Gasteiger partial charge in [0, 0.05) is 24.6 Å². The van der Waals surface area contributed by atoms with Crippen molar-refractivity contribution in [2.45, 2.75) is 25.7 Å². The quantitative estimate of drug-likeness (QED) is 0.869. The van der Waals surface area contributed by atoms with Gasteiger partial charge < -0.3 is 15.3 Å². The number of thiophene rings is 1. The molecule has 5 heteroatoms. The number of rotatable bonds is 5. The highest BCUT2D eigenvalue weighted by Crippen LogP contribution is 2.31. The second-order valence-electron chi connectivity index (χ2n) is 6.36. The van der Waals surface area contributed by atoms with Crippen LogP contribution in [-0.2, 0) is 4.79 Å². The molecule has 1 amide bonds. The van der Waals surface area contributed by atoms with Crippen LogP contribution in [0.5, 0.6) is 0 Å². The molecule has 1 atom stereocenters. The standard InChI is InChI=1S/C19H24N2O2S/c1-14(18-7-4-12-24-18)19(23)20-16-5-2-3-6-17(16)21-10-8-15(13-22)9-11-21/h2-7,12,14-15,22H,8-11,13H2,1H3,(H,20,23). The Kier molecular flexibility index (Phi) is 5.53. The van der Waals surface area contributed by atoms with Crippen LogP contribution in [0.3, 0.4) is 0 Å². The number of anilines is 2. The fraction of sp³-hybridized carbons (Fsp3) is 0.421. The molecule has 1 aliphatic rings. The van der Waals surface area contributed by atoms with Gasteiger partial charge in [0.2, 0.25) is 5.91 Å². The minimum atomic E-state index is -0.154. The molecule has 4 nitrogen and oxygen atoms in total. The average Bonchev–Trinajstić information content (AvgIpc) is 3.16. The van der Waals surface area contributed by atoms with Crippen LogP contribution in [0, 0.1) is 5.92 Å². The van der Waals surface area contributed by atoms with Gasteiger partial charge in [-0.25, -0.2) is 0 Å². The number of carbonyl (C=O) groups excluding carboxylic acids is 1. The number of piperidine rings is 1. The van der Waals surface area contributed by atoms with E-state index in [0.29, 0.717) is 5.92 Å². The monoisotopic (exact) mass is 344 g/mol. The Bertz CT molecular complexity index is 664. The first-order valence-electron chi connectivity index (χ1n) is 8.48. The van der Waals surface area contributed by atoms with Gasteiger partial charge >= 0.3 is 0 Å². The van der Waals surface area contributed by atoms with E-state index in [9.17, 15) is 9.90 Å². The van der Waals surface area contributed by atoms with E-state index < -0.39 is 0 Å². The predicted molar refractivity (Wildman–Crippen MR) is 99.8 cm³/mol. The summed E-state index contributed by atoms with van der Waals surface area (Å²) in [5.41, 5.74) is 1.94. The van der Waals surface area contributed by atoms with E-state index in [2.05, 4.69) is 16.3 Å². The summed E-state index contributed by atoms with van der Waals surface area (Å²) in [6.07, 6.45) is 1.98. The van der Waals surface area contributed by atoms with E-state index in [4.69, 9.17) is 0 Å². The predicted octanol–water partition coefficient (Wildman–Crippen LogP) is 3.70. The van der Waals surface area contributed by atoms with Crippen molar-refractivity contribution in [3.05, 3.63) is 46.7 Å². The van der Waals surface area contributed by atoms with Gasteiger partial charge in [-0.1, -0.05) is 18.2 Å². The molecule has 1 aromatic carbocycles. The number of hydrogen-bond acceptors (Lipinski definition) is 4. The number of benzene rings is 1. The van der Waals surface area contributed by atoms with E-state index in [0.717, 1.165) is 42.2 Å². The van der Waals surface area contributed by atoms with Crippen LogP contribution in [-0.4, -0.2) is 30.7 Å². The van der Waals surface area contributed by atoms with Crippen molar-refractivity contribution in [2.75, 3.05) is 29.9 Å².